The molecule has 0 saturated heterocycles. The molecule has 0 aromatic heterocycles. The van der Waals surface area contributed by atoms with Crippen molar-refractivity contribution in [3.63, 3.8) is 0 Å². The smallest absolute Gasteiger partial charge is 0.146 e. The van der Waals surface area contributed by atoms with Crippen LogP contribution >= 0.6 is 0 Å². The fraction of sp³-hybridized carbons (Fsp3) is 0.333. The maximum atomic E-state index is 3.43. The fourth-order valence-corrected chi connectivity index (χ4v) is 1.73. The van der Waals surface area contributed by atoms with Gasteiger partial charge in [0.2, 0.25) is 0 Å². The van der Waals surface area contributed by atoms with Crippen molar-refractivity contribution in [1.29, 1.82) is 0 Å². The zero-order chi connectivity index (χ0) is 7.94. The van der Waals surface area contributed by atoms with Gasteiger partial charge in [0.25, 0.3) is 0 Å². The predicted octanol–water partition coefficient (Wildman–Crippen LogP) is 2.28. The second-order valence-electron chi connectivity index (χ2n) is 2.50. The average molecular weight is 164 g/mol. The third-order valence-electron chi connectivity index (χ3n) is 1.48. The van der Waals surface area contributed by atoms with Gasteiger partial charge >= 0.3 is 0 Å². The minimum atomic E-state index is 0.411. The molecule has 1 rings (SSSR count). The molecule has 59 valence electrons. The third-order valence-corrected chi connectivity index (χ3v) is 2.88. The minimum absolute atomic E-state index is 0.411. The summed E-state index contributed by atoms with van der Waals surface area (Å²) in [5, 5.41) is 0. The molecule has 0 unspecified atom stereocenters. The van der Waals surface area contributed by atoms with E-state index < -0.39 is 0 Å². The average Bonchev–Trinajstić information content (AvgIpc) is 2.07. The summed E-state index contributed by atoms with van der Waals surface area (Å²) in [7, 11) is 0.411. The van der Waals surface area contributed by atoms with E-state index in [0.29, 0.717) is 9.68 Å². The summed E-state index contributed by atoms with van der Waals surface area (Å²) in [6.07, 6.45) is 1.29. The molecular formula is C9H14NSi. The van der Waals surface area contributed by atoms with Crippen LogP contribution in [0, 0.1) is 0 Å². The largest absolute Gasteiger partial charge is 0.413 e. The van der Waals surface area contributed by atoms with Crippen molar-refractivity contribution < 1.29 is 0 Å². The van der Waals surface area contributed by atoms with E-state index in [2.05, 4.69) is 36.2 Å². The Balaban J connectivity index is 2.28. The van der Waals surface area contributed by atoms with Crippen molar-refractivity contribution in [2.24, 2.45) is 0 Å². The number of hydrogen-bond donors (Lipinski definition) is 1. The first-order valence-electron chi connectivity index (χ1n) is 4.06. The SMILES string of the molecule is CCC[SiH]Nc1ccccc1. The van der Waals surface area contributed by atoms with Crippen LogP contribution in [0.3, 0.4) is 0 Å². The molecule has 0 bridgehead atoms. The quantitative estimate of drug-likeness (QED) is 0.532. The lowest BCUT2D eigenvalue weighted by atomic mass is 10.3. The zero-order valence-electron chi connectivity index (χ0n) is 6.88. The van der Waals surface area contributed by atoms with Crippen LogP contribution in [0.4, 0.5) is 5.69 Å². The molecule has 0 fully saturated rings. The molecule has 0 amide bonds. The Morgan fingerprint density at radius 1 is 1.27 bits per heavy atom. The topological polar surface area (TPSA) is 12.0 Å². The van der Waals surface area contributed by atoms with E-state index in [0.717, 1.165) is 0 Å². The van der Waals surface area contributed by atoms with Crippen LogP contribution in [-0.4, -0.2) is 9.68 Å². The summed E-state index contributed by atoms with van der Waals surface area (Å²) in [5.74, 6) is 0. The summed E-state index contributed by atoms with van der Waals surface area (Å²) < 4.78 is 0. The molecule has 0 atom stereocenters. The van der Waals surface area contributed by atoms with E-state index in [1.165, 1.54) is 18.2 Å². The zero-order valence-corrected chi connectivity index (χ0v) is 8.03. The van der Waals surface area contributed by atoms with E-state index in [4.69, 9.17) is 0 Å². The van der Waals surface area contributed by atoms with Gasteiger partial charge in [-0.05, 0) is 18.2 Å². The van der Waals surface area contributed by atoms with Crippen LogP contribution in [-0.2, 0) is 0 Å². The van der Waals surface area contributed by atoms with E-state index >= 15 is 0 Å². The van der Waals surface area contributed by atoms with Crippen LogP contribution in [0.15, 0.2) is 30.3 Å². The highest BCUT2D eigenvalue weighted by molar-refractivity contribution is 6.40. The highest BCUT2D eigenvalue weighted by Gasteiger charge is 1.87. The Morgan fingerprint density at radius 3 is 2.64 bits per heavy atom. The second-order valence-corrected chi connectivity index (χ2v) is 3.78. The number of para-hydroxylation sites is 1. The van der Waals surface area contributed by atoms with Gasteiger partial charge < -0.3 is 4.98 Å². The summed E-state index contributed by atoms with van der Waals surface area (Å²) in [4.78, 5) is 3.43. The molecule has 0 heterocycles. The van der Waals surface area contributed by atoms with E-state index in [1.807, 2.05) is 6.07 Å². The molecule has 0 saturated carbocycles. The first-order chi connectivity index (χ1) is 5.43. The molecular weight excluding hydrogens is 150 g/mol. The van der Waals surface area contributed by atoms with Crippen LogP contribution in [0.2, 0.25) is 6.04 Å². The fourth-order valence-electron chi connectivity index (χ4n) is 0.869. The Bertz CT molecular complexity index is 186. The van der Waals surface area contributed by atoms with Crippen molar-refractivity contribution in [1.82, 2.24) is 0 Å². The number of anilines is 1. The number of hydrogen-bond acceptors (Lipinski definition) is 1. The predicted molar refractivity (Wildman–Crippen MR) is 52.3 cm³/mol. The van der Waals surface area contributed by atoms with Gasteiger partial charge in [0.05, 0.1) is 0 Å². The third kappa shape index (κ3) is 3.23. The Labute approximate surface area is 70.7 Å². The second kappa shape index (κ2) is 4.96. The summed E-state index contributed by atoms with van der Waals surface area (Å²) >= 11 is 0. The minimum Gasteiger partial charge on any atom is -0.413 e. The number of rotatable bonds is 4. The Kier molecular flexibility index (Phi) is 3.76. The molecule has 0 spiro atoms. The van der Waals surface area contributed by atoms with Gasteiger partial charge in [-0.3, -0.25) is 0 Å². The van der Waals surface area contributed by atoms with Gasteiger partial charge in [-0.15, -0.1) is 0 Å². The van der Waals surface area contributed by atoms with Gasteiger partial charge in [-0.25, -0.2) is 0 Å². The highest BCUT2D eigenvalue weighted by atomic mass is 28.2. The van der Waals surface area contributed by atoms with Crippen LogP contribution < -0.4 is 4.98 Å². The number of nitrogens with one attached hydrogen (secondary N) is 1. The molecule has 11 heavy (non-hydrogen) atoms. The highest BCUT2D eigenvalue weighted by Crippen LogP contribution is 2.03. The maximum absolute atomic E-state index is 3.43. The molecule has 1 nitrogen and oxygen atoms in total. The maximum Gasteiger partial charge on any atom is 0.146 e. The van der Waals surface area contributed by atoms with Crippen molar-refractivity contribution >= 4 is 15.4 Å². The first-order valence-corrected chi connectivity index (χ1v) is 5.46. The molecule has 1 aromatic carbocycles. The molecule has 1 aromatic rings. The normalized spacial score (nSPS) is 9.55. The first kappa shape index (κ1) is 8.33. The van der Waals surface area contributed by atoms with Gasteiger partial charge in [0.1, 0.15) is 9.68 Å². The Morgan fingerprint density at radius 2 is 2.00 bits per heavy atom. The lowest BCUT2D eigenvalue weighted by Crippen LogP contribution is -2.04. The standard InChI is InChI=1S/C9H14NSi/c1-2-8-11-10-9-6-4-3-5-7-9/h3-7,10-11H,2,8H2,1H3. The van der Waals surface area contributed by atoms with Crippen LogP contribution in [0.25, 0.3) is 0 Å². The summed E-state index contributed by atoms with van der Waals surface area (Å²) in [6.45, 7) is 2.22. The van der Waals surface area contributed by atoms with Gasteiger partial charge in [0, 0.05) is 5.69 Å². The van der Waals surface area contributed by atoms with Gasteiger partial charge in [-0.2, -0.15) is 0 Å². The van der Waals surface area contributed by atoms with Crippen molar-refractivity contribution in [2.75, 3.05) is 4.98 Å². The summed E-state index contributed by atoms with van der Waals surface area (Å²) in [6, 6.07) is 11.7. The lowest BCUT2D eigenvalue weighted by molar-refractivity contribution is 1.07. The van der Waals surface area contributed by atoms with Crippen molar-refractivity contribution in [3.8, 4) is 0 Å². The monoisotopic (exact) mass is 164 g/mol. The molecule has 1 N–H and O–H groups in total. The van der Waals surface area contributed by atoms with E-state index in [9.17, 15) is 0 Å². The van der Waals surface area contributed by atoms with E-state index in [-0.39, 0.29) is 0 Å². The van der Waals surface area contributed by atoms with Crippen LogP contribution in [0.5, 0.6) is 0 Å². The number of benzene rings is 1. The lowest BCUT2D eigenvalue weighted by Gasteiger charge is -2.02. The molecule has 2 heteroatoms. The molecule has 0 aliphatic carbocycles. The van der Waals surface area contributed by atoms with Gasteiger partial charge in [0.15, 0.2) is 0 Å². The molecule has 1 radical (unpaired) electrons. The van der Waals surface area contributed by atoms with E-state index in [1.54, 1.807) is 0 Å². The summed E-state index contributed by atoms with van der Waals surface area (Å²) in [5.41, 5.74) is 1.26. The van der Waals surface area contributed by atoms with Crippen LogP contribution in [0.1, 0.15) is 13.3 Å². The van der Waals surface area contributed by atoms with Gasteiger partial charge in [-0.1, -0.05) is 31.5 Å². The Hall–Kier alpha value is -0.763. The molecule has 0 aliphatic rings. The van der Waals surface area contributed by atoms with Crippen molar-refractivity contribution in [3.05, 3.63) is 30.3 Å². The molecule has 0 aliphatic heterocycles. The van der Waals surface area contributed by atoms with Crippen molar-refractivity contribution in [2.45, 2.75) is 19.4 Å².